The van der Waals surface area contributed by atoms with E-state index in [4.69, 9.17) is 9.47 Å². The quantitative estimate of drug-likeness (QED) is 0.740. The molecule has 2 atom stereocenters. The van der Waals surface area contributed by atoms with Crippen LogP contribution in [0.25, 0.3) is 0 Å². The molecule has 0 aliphatic carbocycles. The third-order valence-corrected chi connectivity index (χ3v) is 3.28. The van der Waals surface area contributed by atoms with Gasteiger partial charge in [-0.15, -0.1) is 0 Å². The summed E-state index contributed by atoms with van der Waals surface area (Å²) in [6, 6.07) is -0.449. The first kappa shape index (κ1) is 15.9. The van der Waals surface area contributed by atoms with E-state index in [-0.39, 0.29) is 23.8 Å². The molecule has 1 aliphatic heterocycles. The molecule has 6 heteroatoms. The van der Waals surface area contributed by atoms with Crippen molar-refractivity contribution in [2.45, 2.75) is 32.4 Å². The molecule has 0 bridgehead atoms. The Bertz CT molecular complexity index is 320. The predicted octanol–water partition coefficient (Wildman–Crippen LogP) is 0.0209. The molecule has 110 valence electrons. The number of rotatable bonds is 6. The number of hydrogen-bond acceptors (Lipinski definition) is 4. The number of amides is 2. The summed E-state index contributed by atoms with van der Waals surface area (Å²) in [5.41, 5.74) is 0. The van der Waals surface area contributed by atoms with Gasteiger partial charge in [-0.1, -0.05) is 13.8 Å². The maximum absolute atomic E-state index is 12.4. The van der Waals surface area contributed by atoms with Gasteiger partial charge in [0.1, 0.15) is 6.04 Å². The number of hydrogen-bond donors (Lipinski definition) is 1. The second kappa shape index (κ2) is 7.45. The van der Waals surface area contributed by atoms with Crippen molar-refractivity contribution in [3.05, 3.63) is 0 Å². The van der Waals surface area contributed by atoms with Gasteiger partial charge in [0.05, 0.1) is 12.7 Å². The molecule has 0 aromatic heterocycles. The Balaban J connectivity index is 2.75. The van der Waals surface area contributed by atoms with Gasteiger partial charge < -0.3 is 19.7 Å². The van der Waals surface area contributed by atoms with E-state index in [1.54, 1.807) is 19.1 Å². The predicted molar refractivity (Wildman–Crippen MR) is 70.6 cm³/mol. The molecular weight excluding hydrogens is 248 g/mol. The molecule has 0 spiro atoms. The summed E-state index contributed by atoms with van der Waals surface area (Å²) in [4.78, 5) is 25.7. The third-order valence-electron chi connectivity index (χ3n) is 3.28. The van der Waals surface area contributed by atoms with Crippen molar-refractivity contribution in [2.24, 2.45) is 5.92 Å². The Morgan fingerprint density at radius 3 is 2.58 bits per heavy atom. The largest absolute Gasteiger partial charge is 0.382 e. The smallest absolute Gasteiger partial charge is 0.245 e. The van der Waals surface area contributed by atoms with Gasteiger partial charge in [0.15, 0.2) is 0 Å². The van der Waals surface area contributed by atoms with Crippen LogP contribution in [0.5, 0.6) is 0 Å². The lowest BCUT2D eigenvalue weighted by molar-refractivity contribution is -0.136. The van der Waals surface area contributed by atoms with E-state index in [0.717, 1.165) is 0 Å². The summed E-state index contributed by atoms with van der Waals surface area (Å²) in [5, 5.41) is 2.78. The third kappa shape index (κ3) is 4.47. The van der Waals surface area contributed by atoms with Gasteiger partial charge in [0.25, 0.3) is 0 Å². The van der Waals surface area contributed by atoms with Gasteiger partial charge >= 0.3 is 0 Å². The summed E-state index contributed by atoms with van der Waals surface area (Å²) in [7, 11) is 3.19. The van der Waals surface area contributed by atoms with E-state index in [0.29, 0.717) is 26.1 Å². The molecule has 2 amide bonds. The van der Waals surface area contributed by atoms with E-state index in [1.807, 2.05) is 13.8 Å². The number of nitrogens with one attached hydrogen (secondary N) is 1. The van der Waals surface area contributed by atoms with Gasteiger partial charge in [-0.3, -0.25) is 9.59 Å². The van der Waals surface area contributed by atoms with Crippen molar-refractivity contribution in [2.75, 3.05) is 33.9 Å². The van der Waals surface area contributed by atoms with E-state index in [2.05, 4.69) is 5.32 Å². The van der Waals surface area contributed by atoms with E-state index in [9.17, 15) is 9.59 Å². The molecule has 1 saturated heterocycles. The fraction of sp³-hybridized carbons (Fsp3) is 0.846. The van der Waals surface area contributed by atoms with Crippen molar-refractivity contribution in [1.29, 1.82) is 0 Å². The van der Waals surface area contributed by atoms with Crippen LogP contribution in [0.15, 0.2) is 0 Å². The van der Waals surface area contributed by atoms with E-state index in [1.165, 1.54) is 0 Å². The van der Waals surface area contributed by atoms with Crippen LogP contribution in [0.3, 0.4) is 0 Å². The number of methoxy groups -OCH3 is 2. The minimum absolute atomic E-state index is 0.0426. The average molecular weight is 272 g/mol. The molecule has 0 aromatic rings. The van der Waals surface area contributed by atoms with Crippen LogP contribution in [0.1, 0.15) is 20.3 Å². The van der Waals surface area contributed by atoms with Gasteiger partial charge in [-0.05, 0) is 5.92 Å². The molecule has 1 heterocycles. The zero-order valence-corrected chi connectivity index (χ0v) is 12.1. The minimum atomic E-state index is -0.449. The molecule has 1 aliphatic rings. The topological polar surface area (TPSA) is 67.9 Å². The standard InChI is InChI=1S/C13H24N2O4/c1-9(2)12-13(17)15(6-5-11(16)14-12)7-10(19-4)8-18-3/h9-10,12H,5-8H2,1-4H3,(H,14,16). The van der Waals surface area contributed by atoms with Gasteiger partial charge in [0, 0.05) is 33.7 Å². The van der Waals surface area contributed by atoms with Crippen molar-refractivity contribution < 1.29 is 19.1 Å². The van der Waals surface area contributed by atoms with E-state index < -0.39 is 6.04 Å². The van der Waals surface area contributed by atoms with Crippen LogP contribution in [-0.4, -0.2) is 62.8 Å². The van der Waals surface area contributed by atoms with Crippen LogP contribution in [0, 0.1) is 5.92 Å². The monoisotopic (exact) mass is 272 g/mol. The highest BCUT2D eigenvalue weighted by molar-refractivity contribution is 5.90. The summed E-state index contributed by atoms with van der Waals surface area (Å²) >= 11 is 0. The summed E-state index contributed by atoms with van der Waals surface area (Å²) in [6.07, 6.45) is 0.160. The van der Waals surface area contributed by atoms with Crippen molar-refractivity contribution >= 4 is 11.8 Å². The number of carbonyl (C=O) groups excluding carboxylic acids is 2. The highest BCUT2D eigenvalue weighted by Crippen LogP contribution is 2.12. The minimum Gasteiger partial charge on any atom is -0.382 e. The number of nitrogens with zero attached hydrogens (tertiary/aromatic N) is 1. The normalized spacial score (nSPS) is 22.4. The lowest BCUT2D eigenvalue weighted by Gasteiger charge is -2.28. The Morgan fingerprint density at radius 2 is 2.05 bits per heavy atom. The summed E-state index contributed by atoms with van der Waals surface area (Å²) < 4.78 is 10.3. The Hall–Kier alpha value is -1.14. The molecule has 2 unspecified atom stereocenters. The lowest BCUT2D eigenvalue weighted by Crippen LogP contribution is -2.49. The molecular formula is C13H24N2O4. The van der Waals surface area contributed by atoms with Crippen molar-refractivity contribution in [3.8, 4) is 0 Å². The highest BCUT2D eigenvalue weighted by Gasteiger charge is 2.32. The van der Waals surface area contributed by atoms with Crippen LogP contribution in [0.4, 0.5) is 0 Å². The Kier molecular flexibility index (Phi) is 6.24. The number of ether oxygens (including phenoxy) is 2. The molecule has 1 N–H and O–H groups in total. The lowest BCUT2D eigenvalue weighted by atomic mass is 10.0. The molecule has 6 nitrogen and oxygen atoms in total. The SMILES string of the molecule is COCC(CN1CCC(=O)NC(C(C)C)C1=O)OC. The van der Waals surface area contributed by atoms with Crippen molar-refractivity contribution in [3.63, 3.8) is 0 Å². The molecule has 0 saturated carbocycles. The fourth-order valence-electron chi connectivity index (χ4n) is 2.11. The van der Waals surface area contributed by atoms with Crippen LogP contribution < -0.4 is 5.32 Å². The number of carbonyl (C=O) groups is 2. The van der Waals surface area contributed by atoms with Crippen LogP contribution in [0.2, 0.25) is 0 Å². The maximum atomic E-state index is 12.4. The first-order chi connectivity index (χ1) is 8.99. The first-order valence-electron chi connectivity index (χ1n) is 6.59. The zero-order valence-electron chi connectivity index (χ0n) is 12.1. The summed E-state index contributed by atoms with van der Waals surface area (Å²) in [6.45, 7) is 5.15. The van der Waals surface area contributed by atoms with Gasteiger partial charge in [-0.25, -0.2) is 0 Å². The van der Waals surface area contributed by atoms with Crippen molar-refractivity contribution in [1.82, 2.24) is 10.2 Å². The fourth-order valence-corrected chi connectivity index (χ4v) is 2.11. The first-order valence-corrected chi connectivity index (χ1v) is 6.59. The van der Waals surface area contributed by atoms with Gasteiger partial charge in [0.2, 0.25) is 11.8 Å². The van der Waals surface area contributed by atoms with Crippen LogP contribution in [-0.2, 0) is 19.1 Å². The highest BCUT2D eigenvalue weighted by atomic mass is 16.5. The molecule has 1 rings (SSSR count). The second-order valence-electron chi connectivity index (χ2n) is 5.14. The van der Waals surface area contributed by atoms with Gasteiger partial charge in [-0.2, -0.15) is 0 Å². The molecule has 0 aromatic carbocycles. The molecule has 19 heavy (non-hydrogen) atoms. The zero-order chi connectivity index (χ0) is 14.4. The molecule has 1 fully saturated rings. The maximum Gasteiger partial charge on any atom is 0.245 e. The Labute approximate surface area is 114 Å². The summed E-state index contributed by atoms with van der Waals surface area (Å²) in [5.74, 6) is -0.0465. The molecule has 0 radical (unpaired) electrons. The van der Waals surface area contributed by atoms with Crippen LogP contribution >= 0.6 is 0 Å². The Morgan fingerprint density at radius 1 is 1.37 bits per heavy atom. The average Bonchev–Trinajstić information content (AvgIpc) is 2.50. The second-order valence-corrected chi connectivity index (χ2v) is 5.14. The van der Waals surface area contributed by atoms with E-state index >= 15 is 0 Å².